The summed E-state index contributed by atoms with van der Waals surface area (Å²) in [6, 6.07) is 14.7. The third-order valence-electron chi connectivity index (χ3n) is 4.54. The van der Waals surface area contributed by atoms with Crippen LogP contribution < -0.4 is 21.8 Å². The van der Waals surface area contributed by atoms with Gasteiger partial charge in [-0.2, -0.15) is 5.10 Å². The van der Waals surface area contributed by atoms with E-state index in [2.05, 4.69) is 53.2 Å². The molecule has 0 bridgehead atoms. The summed E-state index contributed by atoms with van der Waals surface area (Å²) in [6.07, 6.45) is 3.78. The predicted molar refractivity (Wildman–Crippen MR) is 114 cm³/mol. The highest BCUT2D eigenvalue weighted by molar-refractivity contribution is 7.17. The second-order valence-corrected chi connectivity index (χ2v) is 7.41. The summed E-state index contributed by atoms with van der Waals surface area (Å²) in [4.78, 5) is 0. The number of aryl methyl sites for hydroxylation is 2. The molecular formula is C21H26N4OS. The third kappa shape index (κ3) is 4.99. The van der Waals surface area contributed by atoms with Crippen LogP contribution in [0.3, 0.4) is 0 Å². The van der Waals surface area contributed by atoms with Gasteiger partial charge in [-0.25, -0.2) is 5.84 Å². The van der Waals surface area contributed by atoms with E-state index in [0.717, 1.165) is 18.6 Å². The van der Waals surface area contributed by atoms with Crippen LogP contribution in [-0.2, 0) is 19.4 Å². The minimum absolute atomic E-state index is 0.567. The highest BCUT2D eigenvalue weighted by atomic mass is 32.1. The van der Waals surface area contributed by atoms with Crippen LogP contribution in [0.4, 0.5) is 0 Å². The molecule has 0 spiro atoms. The lowest BCUT2D eigenvalue weighted by Gasteiger charge is -2.09. The van der Waals surface area contributed by atoms with E-state index in [0.29, 0.717) is 18.9 Å². The van der Waals surface area contributed by atoms with Crippen molar-refractivity contribution < 1.29 is 4.74 Å². The number of amidine groups is 1. The van der Waals surface area contributed by atoms with E-state index in [-0.39, 0.29) is 0 Å². The SMILES string of the molecule is CCCc1csc2ccc(COc3ccc(CC/C(=N/N)NN)cc3)cc12. The molecule has 0 atom stereocenters. The monoisotopic (exact) mass is 382 g/mol. The number of benzene rings is 2. The van der Waals surface area contributed by atoms with Gasteiger partial charge in [0.1, 0.15) is 18.2 Å². The minimum atomic E-state index is 0.567. The first-order valence-corrected chi connectivity index (χ1v) is 10.1. The molecule has 5 nitrogen and oxygen atoms in total. The molecule has 5 N–H and O–H groups in total. The third-order valence-corrected chi connectivity index (χ3v) is 5.55. The number of hydrazine groups is 1. The molecule has 3 aromatic rings. The summed E-state index contributed by atoms with van der Waals surface area (Å²) in [5, 5.41) is 7.24. The van der Waals surface area contributed by atoms with Gasteiger partial charge in [-0.05, 0) is 64.6 Å². The van der Waals surface area contributed by atoms with Gasteiger partial charge in [0.15, 0.2) is 0 Å². The van der Waals surface area contributed by atoms with Gasteiger partial charge in [0.05, 0.1) is 0 Å². The van der Waals surface area contributed by atoms with Gasteiger partial charge in [-0.1, -0.05) is 31.5 Å². The van der Waals surface area contributed by atoms with Crippen molar-refractivity contribution in [1.82, 2.24) is 5.43 Å². The lowest BCUT2D eigenvalue weighted by molar-refractivity contribution is 0.306. The maximum atomic E-state index is 5.97. The summed E-state index contributed by atoms with van der Waals surface area (Å²) in [6.45, 7) is 2.79. The van der Waals surface area contributed by atoms with E-state index in [4.69, 9.17) is 16.4 Å². The van der Waals surface area contributed by atoms with Gasteiger partial charge < -0.3 is 16.0 Å². The van der Waals surface area contributed by atoms with Gasteiger partial charge in [-0.3, -0.25) is 0 Å². The Balaban J connectivity index is 1.59. The number of rotatable bonds is 8. The normalized spacial score (nSPS) is 11.7. The molecule has 0 saturated heterocycles. The number of hydrogen-bond donors (Lipinski definition) is 3. The van der Waals surface area contributed by atoms with Gasteiger partial charge in [-0.15, -0.1) is 11.3 Å². The molecule has 1 aromatic heterocycles. The quantitative estimate of drug-likeness (QED) is 0.237. The summed E-state index contributed by atoms with van der Waals surface area (Å²) in [5.41, 5.74) is 6.31. The van der Waals surface area contributed by atoms with Crippen LogP contribution >= 0.6 is 11.3 Å². The molecule has 0 unspecified atom stereocenters. The number of fused-ring (bicyclic) bond motifs is 1. The highest BCUT2D eigenvalue weighted by Gasteiger charge is 2.05. The number of thiophene rings is 1. The zero-order valence-corrected chi connectivity index (χ0v) is 16.4. The van der Waals surface area contributed by atoms with E-state index in [9.17, 15) is 0 Å². The fraction of sp³-hybridized carbons (Fsp3) is 0.286. The first-order valence-electron chi connectivity index (χ1n) is 9.17. The van der Waals surface area contributed by atoms with Crippen LogP contribution in [0.2, 0.25) is 0 Å². The van der Waals surface area contributed by atoms with E-state index in [1.54, 1.807) is 0 Å². The largest absolute Gasteiger partial charge is 0.489 e. The second-order valence-electron chi connectivity index (χ2n) is 6.49. The highest BCUT2D eigenvalue weighted by Crippen LogP contribution is 2.28. The number of hydrogen-bond acceptors (Lipinski definition) is 5. The fourth-order valence-electron chi connectivity index (χ4n) is 3.04. The molecule has 0 aliphatic heterocycles. The molecular weight excluding hydrogens is 356 g/mol. The van der Waals surface area contributed by atoms with Gasteiger partial charge >= 0.3 is 0 Å². The van der Waals surface area contributed by atoms with Gasteiger partial charge in [0.2, 0.25) is 0 Å². The van der Waals surface area contributed by atoms with E-state index in [1.807, 2.05) is 23.5 Å². The minimum Gasteiger partial charge on any atom is -0.489 e. The maximum Gasteiger partial charge on any atom is 0.136 e. The van der Waals surface area contributed by atoms with Gasteiger partial charge in [0, 0.05) is 11.1 Å². The Labute approximate surface area is 164 Å². The maximum absolute atomic E-state index is 5.97. The Morgan fingerprint density at radius 2 is 1.89 bits per heavy atom. The van der Waals surface area contributed by atoms with Crippen molar-refractivity contribution in [2.24, 2.45) is 16.8 Å². The molecule has 3 rings (SSSR count). The molecule has 0 radical (unpaired) electrons. The molecule has 0 aliphatic rings. The van der Waals surface area contributed by atoms with Crippen LogP contribution in [0.15, 0.2) is 52.9 Å². The molecule has 6 heteroatoms. The second kappa shape index (κ2) is 9.39. The number of nitrogens with one attached hydrogen (secondary N) is 1. The van der Waals surface area contributed by atoms with Crippen molar-refractivity contribution in [3.05, 3.63) is 64.5 Å². The van der Waals surface area contributed by atoms with Crippen molar-refractivity contribution in [2.45, 2.75) is 39.2 Å². The van der Waals surface area contributed by atoms with E-state index >= 15 is 0 Å². The van der Waals surface area contributed by atoms with E-state index < -0.39 is 0 Å². The molecule has 2 aromatic carbocycles. The summed E-state index contributed by atoms with van der Waals surface area (Å²) >= 11 is 1.82. The number of nitrogens with two attached hydrogens (primary N) is 2. The van der Waals surface area contributed by atoms with Crippen LogP contribution in [0.25, 0.3) is 10.1 Å². The molecule has 0 aliphatic carbocycles. The Hall–Kier alpha value is -2.57. The van der Waals surface area contributed by atoms with Crippen molar-refractivity contribution in [3.8, 4) is 5.75 Å². The van der Waals surface area contributed by atoms with Crippen LogP contribution in [0, 0.1) is 0 Å². The van der Waals surface area contributed by atoms with Gasteiger partial charge in [0.25, 0.3) is 0 Å². The standard InChI is InChI=1S/C21H26N4OS/c1-2-3-17-14-27-20-10-6-16(12-19(17)20)13-26-18-8-4-15(5-9-18)7-11-21(24-22)25-23/h4-6,8-10,12,14H,2-3,7,11,13,22-23H2,1H3,(H,24,25). The molecule has 1 heterocycles. The number of ether oxygens (including phenoxy) is 1. The Bertz CT molecular complexity index is 902. The lowest BCUT2D eigenvalue weighted by atomic mass is 10.1. The molecule has 0 fully saturated rings. The zero-order valence-electron chi connectivity index (χ0n) is 15.6. The topological polar surface area (TPSA) is 85.7 Å². The van der Waals surface area contributed by atoms with Crippen molar-refractivity contribution in [3.63, 3.8) is 0 Å². The zero-order chi connectivity index (χ0) is 19.1. The molecule has 0 amide bonds. The summed E-state index contributed by atoms with van der Waals surface area (Å²) < 4.78 is 7.31. The van der Waals surface area contributed by atoms with Crippen LogP contribution in [-0.4, -0.2) is 5.84 Å². The molecule has 27 heavy (non-hydrogen) atoms. The Morgan fingerprint density at radius 1 is 1.11 bits per heavy atom. The summed E-state index contributed by atoms with van der Waals surface area (Å²) in [7, 11) is 0. The first-order chi connectivity index (χ1) is 13.2. The van der Waals surface area contributed by atoms with Crippen molar-refractivity contribution in [2.75, 3.05) is 0 Å². The van der Waals surface area contributed by atoms with Crippen molar-refractivity contribution in [1.29, 1.82) is 0 Å². The number of hydrazone groups is 1. The smallest absolute Gasteiger partial charge is 0.136 e. The fourth-order valence-corrected chi connectivity index (χ4v) is 4.02. The Morgan fingerprint density at radius 3 is 2.59 bits per heavy atom. The average molecular weight is 383 g/mol. The molecule has 142 valence electrons. The predicted octanol–water partition coefficient (Wildman–Crippen LogP) is 4.10. The summed E-state index contributed by atoms with van der Waals surface area (Å²) in [5.74, 6) is 12.0. The van der Waals surface area contributed by atoms with E-state index in [1.165, 1.54) is 33.2 Å². The lowest BCUT2D eigenvalue weighted by Crippen LogP contribution is -2.31. The van der Waals surface area contributed by atoms with Crippen LogP contribution in [0.5, 0.6) is 5.75 Å². The average Bonchev–Trinajstić information content (AvgIpc) is 3.10. The first kappa shape index (κ1) is 19.2. The van der Waals surface area contributed by atoms with Crippen molar-refractivity contribution >= 4 is 27.3 Å². The van der Waals surface area contributed by atoms with Crippen LogP contribution in [0.1, 0.15) is 36.5 Å². The molecule has 0 saturated carbocycles. The number of nitrogens with zero attached hydrogens (tertiary/aromatic N) is 1. The Kier molecular flexibility index (Phi) is 6.68.